The first-order valence-corrected chi connectivity index (χ1v) is 7.11. The van der Waals surface area contributed by atoms with Crippen molar-refractivity contribution < 1.29 is 10.0 Å². The van der Waals surface area contributed by atoms with Crippen molar-refractivity contribution in [2.75, 3.05) is 18.5 Å². The number of nitro groups is 1. The van der Waals surface area contributed by atoms with Crippen molar-refractivity contribution in [1.82, 2.24) is 9.97 Å². The molecule has 0 atom stereocenters. The number of nitrogens with one attached hydrogen (secondary N) is 2. The molecule has 0 radical (unpaired) electrons. The van der Waals surface area contributed by atoms with E-state index in [1.807, 2.05) is 0 Å². The zero-order chi connectivity index (χ0) is 14.9. The van der Waals surface area contributed by atoms with E-state index in [1.165, 1.54) is 12.1 Å². The molecule has 0 saturated heterocycles. The third kappa shape index (κ3) is 2.69. The molecule has 1 aromatic carbocycles. The van der Waals surface area contributed by atoms with Gasteiger partial charge in [-0.15, -0.1) is 0 Å². The number of rotatable bonds is 5. The average Bonchev–Trinajstić information content (AvgIpc) is 3.11. The number of hydrogen-bond acceptors (Lipinski definition) is 5. The van der Waals surface area contributed by atoms with Crippen LogP contribution in [0.25, 0.3) is 11.0 Å². The van der Waals surface area contributed by atoms with Crippen LogP contribution in [0.1, 0.15) is 25.7 Å². The number of fused-ring (bicyclic) bond motifs is 1. The number of hydrogen-bond donors (Lipinski definition) is 3. The highest BCUT2D eigenvalue weighted by atomic mass is 16.6. The van der Waals surface area contributed by atoms with Crippen LogP contribution in [-0.4, -0.2) is 33.1 Å². The predicted molar refractivity (Wildman–Crippen MR) is 79.2 cm³/mol. The molecule has 0 unspecified atom stereocenters. The third-order valence-electron chi connectivity index (χ3n) is 4.31. The Hall–Kier alpha value is -2.15. The maximum Gasteiger partial charge on any atom is 0.271 e. The molecule has 3 rings (SSSR count). The van der Waals surface area contributed by atoms with E-state index >= 15 is 0 Å². The molecule has 0 amide bonds. The number of nitro benzene ring substituents is 1. The smallest absolute Gasteiger partial charge is 0.271 e. The quantitative estimate of drug-likeness (QED) is 0.579. The van der Waals surface area contributed by atoms with Crippen LogP contribution in [0.2, 0.25) is 0 Å². The summed E-state index contributed by atoms with van der Waals surface area (Å²) in [6, 6.07) is 4.55. The second-order valence-electron chi connectivity index (χ2n) is 5.76. The zero-order valence-electron chi connectivity index (χ0n) is 11.6. The van der Waals surface area contributed by atoms with Gasteiger partial charge in [0.1, 0.15) is 0 Å². The lowest BCUT2D eigenvalue weighted by Crippen LogP contribution is -2.30. The molecule has 1 aliphatic rings. The molecule has 2 aromatic rings. The van der Waals surface area contributed by atoms with E-state index in [2.05, 4.69) is 15.3 Å². The fraction of sp³-hybridized carbons (Fsp3) is 0.500. The van der Waals surface area contributed by atoms with Gasteiger partial charge in [0.15, 0.2) is 0 Å². The average molecular weight is 290 g/mol. The summed E-state index contributed by atoms with van der Waals surface area (Å²) in [6.07, 6.45) is 4.33. The van der Waals surface area contributed by atoms with Gasteiger partial charge in [-0.25, -0.2) is 4.98 Å². The SMILES string of the molecule is O=[N+]([O-])c1ccc2nc(NCC3(CO)CCCC3)[nH]c2c1. The Labute approximate surface area is 121 Å². The molecule has 7 nitrogen and oxygen atoms in total. The number of imidazole rings is 1. The topological polar surface area (TPSA) is 104 Å². The van der Waals surface area contributed by atoms with E-state index in [9.17, 15) is 15.2 Å². The van der Waals surface area contributed by atoms with Crippen LogP contribution >= 0.6 is 0 Å². The molecule has 0 aliphatic heterocycles. The lowest BCUT2D eigenvalue weighted by Gasteiger charge is -2.26. The minimum atomic E-state index is -0.424. The minimum Gasteiger partial charge on any atom is -0.396 e. The minimum absolute atomic E-state index is 0.0420. The predicted octanol–water partition coefficient (Wildman–Crippen LogP) is 2.44. The van der Waals surface area contributed by atoms with Gasteiger partial charge < -0.3 is 15.4 Å². The van der Waals surface area contributed by atoms with Gasteiger partial charge in [0.25, 0.3) is 5.69 Å². The van der Waals surface area contributed by atoms with Crippen molar-refractivity contribution in [3.05, 3.63) is 28.3 Å². The normalized spacial score (nSPS) is 17.2. The third-order valence-corrected chi connectivity index (χ3v) is 4.31. The summed E-state index contributed by atoms with van der Waals surface area (Å²) >= 11 is 0. The highest BCUT2D eigenvalue weighted by molar-refractivity contribution is 5.79. The van der Waals surface area contributed by atoms with Crippen LogP contribution in [0.5, 0.6) is 0 Å². The molecular formula is C14H18N4O3. The summed E-state index contributed by atoms with van der Waals surface area (Å²) in [5.41, 5.74) is 1.30. The van der Waals surface area contributed by atoms with Gasteiger partial charge in [0.05, 0.1) is 22.6 Å². The summed E-state index contributed by atoms with van der Waals surface area (Å²) in [5.74, 6) is 0.588. The van der Waals surface area contributed by atoms with Gasteiger partial charge in [-0.3, -0.25) is 10.1 Å². The molecule has 1 saturated carbocycles. The van der Waals surface area contributed by atoms with E-state index < -0.39 is 4.92 Å². The highest BCUT2D eigenvalue weighted by Gasteiger charge is 2.33. The van der Waals surface area contributed by atoms with Crippen LogP contribution in [-0.2, 0) is 0 Å². The second-order valence-corrected chi connectivity index (χ2v) is 5.76. The van der Waals surface area contributed by atoms with Crippen molar-refractivity contribution in [3.8, 4) is 0 Å². The molecule has 1 aliphatic carbocycles. The number of nitrogens with zero attached hydrogens (tertiary/aromatic N) is 2. The number of H-pyrrole nitrogens is 1. The number of aromatic amines is 1. The molecule has 1 heterocycles. The van der Waals surface area contributed by atoms with Crippen LogP contribution in [0, 0.1) is 15.5 Å². The van der Waals surface area contributed by atoms with E-state index in [4.69, 9.17) is 0 Å². The Morgan fingerprint density at radius 3 is 2.86 bits per heavy atom. The zero-order valence-corrected chi connectivity index (χ0v) is 11.6. The standard InChI is InChI=1S/C14H18N4O3/c19-9-14(5-1-2-6-14)8-15-13-16-11-4-3-10(18(20)21)7-12(11)17-13/h3-4,7,19H,1-2,5-6,8-9H2,(H2,15,16,17). The fourth-order valence-corrected chi connectivity index (χ4v) is 2.98. The molecule has 0 bridgehead atoms. The molecule has 7 heteroatoms. The Bertz CT molecular complexity index is 661. The van der Waals surface area contributed by atoms with Crippen molar-refractivity contribution in [2.45, 2.75) is 25.7 Å². The number of non-ortho nitro benzene ring substituents is 1. The van der Waals surface area contributed by atoms with Crippen LogP contribution in [0.15, 0.2) is 18.2 Å². The Kier molecular flexibility index (Phi) is 3.50. The summed E-state index contributed by atoms with van der Waals surface area (Å²) in [4.78, 5) is 17.8. The molecule has 112 valence electrons. The lowest BCUT2D eigenvalue weighted by atomic mass is 9.87. The van der Waals surface area contributed by atoms with Crippen molar-refractivity contribution in [1.29, 1.82) is 0 Å². The molecule has 1 fully saturated rings. The van der Waals surface area contributed by atoms with E-state index in [0.717, 1.165) is 25.7 Å². The Morgan fingerprint density at radius 2 is 2.19 bits per heavy atom. The summed E-state index contributed by atoms with van der Waals surface area (Å²) in [6.45, 7) is 0.830. The number of aliphatic hydroxyl groups is 1. The number of aliphatic hydroxyl groups excluding tert-OH is 1. The van der Waals surface area contributed by atoms with Gasteiger partial charge >= 0.3 is 0 Å². The molecule has 1 aromatic heterocycles. The molecule has 0 spiro atoms. The van der Waals surface area contributed by atoms with Crippen molar-refractivity contribution >= 4 is 22.7 Å². The first-order valence-electron chi connectivity index (χ1n) is 7.11. The monoisotopic (exact) mass is 290 g/mol. The van der Waals surface area contributed by atoms with E-state index in [0.29, 0.717) is 23.5 Å². The van der Waals surface area contributed by atoms with Gasteiger partial charge in [-0.1, -0.05) is 12.8 Å². The van der Waals surface area contributed by atoms with Gasteiger partial charge in [-0.05, 0) is 18.9 Å². The molecule has 3 N–H and O–H groups in total. The first kappa shape index (κ1) is 13.8. The lowest BCUT2D eigenvalue weighted by molar-refractivity contribution is -0.384. The van der Waals surface area contributed by atoms with Gasteiger partial charge in [0.2, 0.25) is 5.95 Å². The molecule has 21 heavy (non-hydrogen) atoms. The Morgan fingerprint density at radius 1 is 1.43 bits per heavy atom. The number of benzene rings is 1. The van der Waals surface area contributed by atoms with Crippen molar-refractivity contribution in [3.63, 3.8) is 0 Å². The summed E-state index contributed by atoms with van der Waals surface area (Å²) in [7, 11) is 0. The van der Waals surface area contributed by atoms with Crippen LogP contribution in [0.3, 0.4) is 0 Å². The summed E-state index contributed by atoms with van der Waals surface area (Å²) < 4.78 is 0. The van der Waals surface area contributed by atoms with E-state index in [1.54, 1.807) is 6.07 Å². The van der Waals surface area contributed by atoms with Gasteiger partial charge in [0, 0.05) is 24.1 Å². The highest BCUT2D eigenvalue weighted by Crippen LogP contribution is 2.37. The van der Waals surface area contributed by atoms with Crippen molar-refractivity contribution in [2.24, 2.45) is 5.41 Å². The Balaban J connectivity index is 1.77. The van der Waals surface area contributed by atoms with E-state index in [-0.39, 0.29) is 17.7 Å². The number of aromatic nitrogens is 2. The fourth-order valence-electron chi connectivity index (χ4n) is 2.98. The first-order chi connectivity index (χ1) is 10.1. The second kappa shape index (κ2) is 5.33. The maximum absolute atomic E-state index is 10.8. The summed E-state index contributed by atoms with van der Waals surface area (Å²) in [5, 5.41) is 23.6. The van der Waals surface area contributed by atoms with Crippen LogP contribution < -0.4 is 5.32 Å². The maximum atomic E-state index is 10.8. The number of anilines is 1. The van der Waals surface area contributed by atoms with Gasteiger partial charge in [-0.2, -0.15) is 0 Å². The molecular weight excluding hydrogens is 272 g/mol. The van der Waals surface area contributed by atoms with Crippen LogP contribution in [0.4, 0.5) is 11.6 Å². The largest absolute Gasteiger partial charge is 0.396 e.